The molecule has 0 unspecified atom stereocenters. The zero-order chi connectivity index (χ0) is 23.6. The van der Waals surface area contributed by atoms with Crippen LogP contribution in [0.3, 0.4) is 0 Å². The number of fused-ring (bicyclic) bond motifs is 2. The quantitative estimate of drug-likeness (QED) is 0.326. The van der Waals surface area contributed by atoms with Gasteiger partial charge in [-0.15, -0.1) is 0 Å². The Balaban J connectivity index is 1.17. The molecule has 0 bridgehead atoms. The minimum Gasteiger partial charge on any atom is -0.398 e. The van der Waals surface area contributed by atoms with Gasteiger partial charge in [0.1, 0.15) is 5.82 Å². The predicted molar refractivity (Wildman–Crippen MR) is 140 cm³/mol. The minimum absolute atomic E-state index is 0.666. The molecule has 0 saturated carbocycles. The molecule has 3 aromatic heterocycles. The lowest BCUT2D eigenvalue weighted by atomic mass is 10.1. The molecule has 3 N–H and O–H groups in total. The average molecular weight is 460 g/mol. The third-order valence-electron chi connectivity index (χ3n) is 6.19. The van der Waals surface area contributed by atoms with E-state index in [1.165, 1.54) is 16.7 Å². The van der Waals surface area contributed by atoms with Crippen LogP contribution in [0.15, 0.2) is 97.6 Å². The molecule has 7 nitrogen and oxygen atoms in total. The highest BCUT2D eigenvalue weighted by Gasteiger charge is 2.08. The Morgan fingerprint density at radius 1 is 0.771 bits per heavy atom. The van der Waals surface area contributed by atoms with Gasteiger partial charge >= 0.3 is 0 Å². The second-order valence-corrected chi connectivity index (χ2v) is 8.70. The molecule has 3 aromatic carbocycles. The van der Waals surface area contributed by atoms with Gasteiger partial charge in [-0.2, -0.15) is 10.2 Å². The summed E-state index contributed by atoms with van der Waals surface area (Å²) in [5, 5.41) is 15.7. The van der Waals surface area contributed by atoms with Crippen molar-refractivity contribution in [2.75, 3.05) is 11.1 Å². The first-order valence-corrected chi connectivity index (χ1v) is 11.6. The molecule has 172 valence electrons. The molecule has 7 heteroatoms. The fourth-order valence-electron chi connectivity index (χ4n) is 4.39. The topological polar surface area (TPSA) is 86.6 Å². The number of nitrogens with two attached hydrogens (primary N) is 1. The molecule has 0 atom stereocenters. The third-order valence-corrected chi connectivity index (χ3v) is 6.19. The first-order valence-electron chi connectivity index (χ1n) is 11.6. The number of hydrogen-bond donors (Lipinski definition) is 2. The Morgan fingerprint density at radius 3 is 2.37 bits per heavy atom. The summed E-state index contributed by atoms with van der Waals surface area (Å²) >= 11 is 0. The summed E-state index contributed by atoms with van der Waals surface area (Å²) in [5.41, 5.74) is 11.4. The minimum atomic E-state index is 0.666. The summed E-state index contributed by atoms with van der Waals surface area (Å²) in [7, 11) is 0. The SMILES string of the molecule is Nc1cccc2cc(CNc3nccc4nn(Cc5ccc(Cn6cccn6)cc5)cc34)ccc12. The largest absolute Gasteiger partial charge is 0.398 e. The third kappa shape index (κ3) is 4.44. The van der Waals surface area contributed by atoms with Crippen LogP contribution in [0.4, 0.5) is 11.5 Å². The van der Waals surface area contributed by atoms with Gasteiger partial charge in [0.2, 0.25) is 0 Å². The van der Waals surface area contributed by atoms with Crippen LogP contribution < -0.4 is 11.1 Å². The molecule has 0 aliphatic rings. The Kier molecular flexibility index (Phi) is 5.35. The smallest absolute Gasteiger partial charge is 0.137 e. The molecule has 6 rings (SSSR count). The van der Waals surface area contributed by atoms with E-state index in [9.17, 15) is 0 Å². The molecule has 0 saturated heterocycles. The summed E-state index contributed by atoms with van der Waals surface area (Å²) in [6.07, 6.45) is 7.63. The highest BCUT2D eigenvalue weighted by atomic mass is 15.3. The van der Waals surface area contributed by atoms with Crippen LogP contribution in [0.25, 0.3) is 21.7 Å². The van der Waals surface area contributed by atoms with E-state index in [1.54, 1.807) is 12.4 Å². The molecule has 0 aliphatic carbocycles. The fraction of sp³-hybridized carbons (Fsp3) is 0.107. The Morgan fingerprint density at radius 2 is 1.57 bits per heavy atom. The molecule has 0 spiro atoms. The summed E-state index contributed by atoms with van der Waals surface area (Å²) < 4.78 is 3.89. The number of rotatable bonds is 7. The van der Waals surface area contributed by atoms with Crippen LogP contribution in [-0.2, 0) is 19.6 Å². The van der Waals surface area contributed by atoms with Crippen LogP contribution in [0.5, 0.6) is 0 Å². The summed E-state index contributed by atoms with van der Waals surface area (Å²) in [6, 6.07) is 24.8. The maximum atomic E-state index is 6.09. The van der Waals surface area contributed by atoms with Crippen LogP contribution in [-0.4, -0.2) is 24.5 Å². The van der Waals surface area contributed by atoms with Crippen molar-refractivity contribution in [3.05, 3.63) is 114 Å². The number of hydrogen-bond acceptors (Lipinski definition) is 5. The van der Waals surface area contributed by atoms with Crippen LogP contribution in [0.2, 0.25) is 0 Å². The highest BCUT2D eigenvalue weighted by molar-refractivity contribution is 5.93. The molecule has 0 radical (unpaired) electrons. The van der Waals surface area contributed by atoms with Crippen molar-refractivity contribution in [3.63, 3.8) is 0 Å². The second-order valence-electron chi connectivity index (χ2n) is 8.70. The van der Waals surface area contributed by atoms with E-state index in [1.807, 2.05) is 39.8 Å². The van der Waals surface area contributed by atoms with Crippen molar-refractivity contribution in [2.24, 2.45) is 0 Å². The summed E-state index contributed by atoms with van der Waals surface area (Å²) in [6.45, 7) is 2.13. The Hall–Kier alpha value is -4.65. The van der Waals surface area contributed by atoms with Crippen molar-refractivity contribution in [1.82, 2.24) is 24.5 Å². The first kappa shape index (κ1) is 20.9. The molecule has 0 aliphatic heterocycles. The number of pyridine rings is 1. The van der Waals surface area contributed by atoms with Crippen LogP contribution >= 0.6 is 0 Å². The van der Waals surface area contributed by atoms with Gasteiger partial charge in [-0.3, -0.25) is 9.36 Å². The zero-order valence-corrected chi connectivity index (χ0v) is 19.2. The van der Waals surface area contributed by atoms with Crippen molar-refractivity contribution in [3.8, 4) is 0 Å². The predicted octanol–water partition coefficient (Wildman–Crippen LogP) is 5.07. The summed E-state index contributed by atoms with van der Waals surface area (Å²) in [4.78, 5) is 4.57. The van der Waals surface area contributed by atoms with E-state index in [0.717, 1.165) is 39.7 Å². The lowest BCUT2D eigenvalue weighted by molar-refractivity contribution is 0.682. The molecule has 3 heterocycles. The van der Waals surface area contributed by atoms with E-state index in [0.29, 0.717) is 13.1 Å². The van der Waals surface area contributed by atoms with Gasteiger partial charge in [0.05, 0.1) is 24.0 Å². The highest BCUT2D eigenvalue weighted by Crippen LogP contribution is 2.24. The van der Waals surface area contributed by atoms with Gasteiger partial charge in [-0.05, 0) is 46.3 Å². The van der Waals surface area contributed by atoms with Crippen molar-refractivity contribution < 1.29 is 0 Å². The average Bonchev–Trinajstić information content (AvgIpc) is 3.54. The standard InChI is InChI=1S/C28H25N7/c29-26-4-1-3-23-15-22(9-10-24(23)26)16-31-28-25-19-35(33-27(25)11-13-30-28)18-21-7-5-20(6-8-21)17-34-14-2-12-32-34/h1-15,19H,16-18,29H2,(H,30,31). The van der Waals surface area contributed by atoms with Crippen molar-refractivity contribution in [2.45, 2.75) is 19.6 Å². The number of nitrogens with zero attached hydrogens (tertiary/aromatic N) is 5. The second kappa shape index (κ2) is 8.95. The fourth-order valence-corrected chi connectivity index (χ4v) is 4.39. The normalized spacial score (nSPS) is 11.3. The van der Waals surface area contributed by atoms with E-state index < -0.39 is 0 Å². The number of benzene rings is 3. The zero-order valence-electron chi connectivity index (χ0n) is 19.2. The number of aromatic nitrogens is 5. The van der Waals surface area contributed by atoms with Gasteiger partial charge < -0.3 is 11.1 Å². The van der Waals surface area contributed by atoms with Gasteiger partial charge in [0, 0.05) is 42.4 Å². The first-order chi connectivity index (χ1) is 17.2. The lowest BCUT2D eigenvalue weighted by Crippen LogP contribution is -2.02. The maximum Gasteiger partial charge on any atom is 0.137 e. The van der Waals surface area contributed by atoms with Gasteiger partial charge in [0.15, 0.2) is 0 Å². The Bertz CT molecular complexity index is 1600. The van der Waals surface area contributed by atoms with E-state index in [4.69, 9.17) is 10.8 Å². The molecule has 35 heavy (non-hydrogen) atoms. The van der Waals surface area contributed by atoms with Gasteiger partial charge in [-0.1, -0.05) is 48.5 Å². The molecule has 6 aromatic rings. The number of nitrogen functional groups attached to an aromatic ring is 1. The maximum absolute atomic E-state index is 6.09. The van der Waals surface area contributed by atoms with Gasteiger partial charge in [0.25, 0.3) is 0 Å². The molecular weight excluding hydrogens is 434 g/mol. The van der Waals surface area contributed by atoms with E-state index >= 15 is 0 Å². The van der Waals surface area contributed by atoms with Crippen molar-refractivity contribution >= 4 is 33.2 Å². The van der Waals surface area contributed by atoms with Gasteiger partial charge in [-0.25, -0.2) is 4.98 Å². The molecular formula is C28H25N7. The monoisotopic (exact) mass is 459 g/mol. The van der Waals surface area contributed by atoms with E-state index in [2.05, 4.69) is 70.1 Å². The van der Waals surface area contributed by atoms with Crippen LogP contribution in [0.1, 0.15) is 16.7 Å². The molecule has 0 amide bonds. The Labute approximate surface area is 202 Å². The lowest BCUT2D eigenvalue weighted by Gasteiger charge is -2.08. The van der Waals surface area contributed by atoms with Crippen molar-refractivity contribution in [1.29, 1.82) is 0 Å². The van der Waals surface area contributed by atoms with E-state index in [-0.39, 0.29) is 0 Å². The number of anilines is 2. The van der Waals surface area contributed by atoms with Crippen LogP contribution in [0, 0.1) is 0 Å². The molecule has 0 fully saturated rings. The number of nitrogens with one attached hydrogen (secondary N) is 1. The summed E-state index contributed by atoms with van der Waals surface area (Å²) in [5.74, 6) is 0.830.